The number of halogens is 1. The number of nitrogens with zero attached hydrogens (tertiary/aromatic N) is 5. The van der Waals surface area contributed by atoms with Gasteiger partial charge in [0.1, 0.15) is 18.2 Å². The number of benzene rings is 1. The first kappa shape index (κ1) is 13.3. The molecule has 0 aliphatic heterocycles. The third-order valence-electron chi connectivity index (χ3n) is 3.38. The maximum atomic E-state index is 8.86. The molecule has 126 valence electrons. The molecular weight excluding hydrogens is 388 g/mol. The van der Waals surface area contributed by atoms with Crippen LogP contribution in [0.25, 0.3) is 10.9 Å². The molecule has 1 atom stereocenters. The Morgan fingerprint density at radius 3 is 2.76 bits per heavy atom. The number of aromatic nitrogens is 4. The Balaban J connectivity index is 2.12. The zero-order chi connectivity index (χ0) is 20.5. The molecule has 2 N–H and O–H groups in total. The second-order valence-electron chi connectivity index (χ2n) is 4.97. The first-order chi connectivity index (χ1) is 13.2. The van der Waals surface area contributed by atoms with Gasteiger partial charge in [0.25, 0.3) is 0 Å². The van der Waals surface area contributed by atoms with Crippen molar-refractivity contribution >= 4 is 32.7 Å². The number of methoxy groups -OCH3 is 1. The first-order valence-corrected chi connectivity index (χ1v) is 7.79. The van der Waals surface area contributed by atoms with Crippen molar-refractivity contribution in [3.8, 4) is 17.6 Å². The standard InChI is InChI=1S/C16H13BrN6O2/c1-8(16-20-5-9(4-18)6-21-16)25-14-11(24-2)3-10(17)13-12(14)15(19)23-7-22-13/h3,5-8H,1-2H3,(H2,19,22,23)/i2D3. The summed E-state index contributed by atoms with van der Waals surface area (Å²) in [7, 11) is -2.72. The van der Waals surface area contributed by atoms with Crippen molar-refractivity contribution in [1.82, 2.24) is 19.9 Å². The van der Waals surface area contributed by atoms with E-state index in [1.54, 1.807) is 6.92 Å². The van der Waals surface area contributed by atoms with Crippen molar-refractivity contribution in [1.29, 1.82) is 5.26 Å². The largest absolute Gasteiger partial charge is 0.493 e. The van der Waals surface area contributed by atoms with Gasteiger partial charge in [0.15, 0.2) is 23.4 Å². The summed E-state index contributed by atoms with van der Waals surface area (Å²) in [6.45, 7) is 1.66. The summed E-state index contributed by atoms with van der Waals surface area (Å²) in [4.78, 5) is 16.3. The molecule has 3 aromatic rings. The summed E-state index contributed by atoms with van der Waals surface area (Å²) >= 11 is 3.33. The van der Waals surface area contributed by atoms with Crippen LogP contribution in [0.15, 0.2) is 29.3 Å². The lowest BCUT2D eigenvalue weighted by Gasteiger charge is -2.18. The molecule has 0 aliphatic rings. The number of nitrogens with two attached hydrogens (primary N) is 1. The number of anilines is 1. The lowest BCUT2D eigenvalue weighted by molar-refractivity contribution is 0.209. The summed E-state index contributed by atoms with van der Waals surface area (Å²) in [5, 5.41) is 9.15. The van der Waals surface area contributed by atoms with Crippen molar-refractivity contribution in [3.05, 3.63) is 40.6 Å². The summed E-state index contributed by atoms with van der Waals surface area (Å²) in [6, 6.07) is 3.36. The summed E-state index contributed by atoms with van der Waals surface area (Å²) < 4.78 is 33.7. The minimum atomic E-state index is -2.72. The van der Waals surface area contributed by atoms with Crippen molar-refractivity contribution in [2.75, 3.05) is 12.8 Å². The van der Waals surface area contributed by atoms with Crippen molar-refractivity contribution in [2.45, 2.75) is 13.0 Å². The van der Waals surface area contributed by atoms with Gasteiger partial charge in [-0.2, -0.15) is 5.26 Å². The topological polar surface area (TPSA) is 120 Å². The van der Waals surface area contributed by atoms with E-state index >= 15 is 0 Å². The van der Waals surface area contributed by atoms with Gasteiger partial charge in [-0.3, -0.25) is 0 Å². The fourth-order valence-electron chi connectivity index (χ4n) is 2.20. The smallest absolute Gasteiger partial charge is 0.175 e. The van der Waals surface area contributed by atoms with E-state index in [4.69, 9.17) is 24.6 Å². The van der Waals surface area contributed by atoms with Gasteiger partial charge in [0.05, 0.1) is 27.6 Å². The van der Waals surface area contributed by atoms with Gasteiger partial charge >= 0.3 is 0 Å². The number of ether oxygens (including phenoxy) is 2. The highest BCUT2D eigenvalue weighted by molar-refractivity contribution is 9.10. The quantitative estimate of drug-likeness (QED) is 0.705. The summed E-state index contributed by atoms with van der Waals surface area (Å²) in [5.74, 6) is 0.351. The van der Waals surface area contributed by atoms with Gasteiger partial charge in [-0.15, -0.1) is 0 Å². The molecule has 8 nitrogen and oxygen atoms in total. The van der Waals surface area contributed by atoms with Crippen LogP contribution in [0.4, 0.5) is 5.82 Å². The molecule has 0 bridgehead atoms. The van der Waals surface area contributed by atoms with Crippen LogP contribution in [-0.2, 0) is 0 Å². The first-order valence-electron chi connectivity index (χ1n) is 8.50. The lowest BCUT2D eigenvalue weighted by atomic mass is 10.2. The zero-order valence-corrected chi connectivity index (χ0v) is 14.5. The number of fused-ring (bicyclic) bond motifs is 1. The highest BCUT2D eigenvalue weighted by atomic mass is 79.9. The number of nitrogen functional groups attached to an aromatic ring is 1. The van der Waals surface area contributed by atoms with Gasteiger partial charge in [0, 0.05) is 22.9 Å². The van der Waals surface area contributed by atoms with E-state index in [1.807, 2.05) is 6.07 Å². The molecule has 0 amide bonds. The molecule has 0 aliphatic carbocycles. The third kappa shape index (κ3) is 3.16. The van der Waals surface area contributed by atoms with E-state index in [0.717, 1.165) is 0 Å². The molecule has 2 heterocycles. The molecule has 3 rings (SSSR count). The van der Waals surface area contributed by atoms with Crippen LogP contribution >= 0.6 is 15.9 Å². The predicted octanol–water partition coefficient (Wildman–Crippen LogP) is 2.78. The molecule has 0 radical (unpaired) electrons. The molecule has 2 aromatic heterocycles. The van der Waals surface area contributed by atoms with Gasteiger partial charge in [-0.05, 0) is 22.9 Å². The minimum absolute atomic E-state index is 0.0490. The summed E-state index contributed by atoms with van der Waals surface area (Å²) in [5.41, 5.74) is 6.72. The fraction of sp³-hybridized carbons (Fsp3) is 0.188. The highest BCUT2D eigenvalue weighted by Crippen LogP contribution is 2.42. The van der Waals surface area contributed by atoms with E-state index in [9.17, 15) is 0 Å². The summed E-state index contributed by atoms with van der Waals surface area (Å²) in [6.07, 6.45) is 3.29. The Labute approximate surface area is 156 Å². The maximum absolute atomic E-state index is 8.86. The Morgan fingerprint density at radius 1 is 1.32 bits per heavy atom. The molecule has 9 heteroatoms. The molecular formula is C16H13BrN6O2. The van der Waals surface area contributed by atoms with E-state index in [1.165, 1.54) is 24.8 Å². The van der Waals surface area contributed by atoms with Crippen LogP contribution in [-0.4, -0.2) is 27.0 Å². The molecule has 0 fully saturated rings. The molecule has 1 aromatic carbocycles. The zero-order valence-electron chi connectivity index (χ0n) is 15.9. The van der Waals surface area contributed by atoms with E-state index in [2.05, 4.69) is 35.9 Å². The van der Waals surface area contributed by atoms with Crippen LogP contribution < -0.4 is 15.2 Å². The Morgan fingerprint density at radius 2 is 2.08 bits per heavy atom. The van der Waals surface area contributed by atoms with Crippen LogP contribution in [0.1, 0.15) is 28.5 Å². The van der Waals surface area contributed by atoms with Crippen LogP contribution in [0, 0.1) is 11.3 Å². The molecule has 25 heavy (non-hydrogen) atoms. The van der Waals surface area contributed by atoms with E-state index in [0.29, 0.717) is 15.6 Å². The van der Waals surface area contributed by atoms with E-state index < -0.39 is 13.1 Å². The van der Waals surface area contributed by atoms with E-state index in [-0.39, 0.29) is 28.5 Å². The molecule has 0 saturated carbocycles. The average Bonchev–Trinajstić information content (AvgIpc) is 2.63. The Bertz CT molecular complexity index is 1070. The lowest BCUT2D eigenvalue weighted by Crippen LogP contribution is -2.10. The second kappa shape index (κ2) is 6.86. The highest BCUT2D eigenvalue weighted by Gasteiger charge is 2.21. The monoisotopic (exact) mass is 403 g/mol. The van der Waals surface area contributed by atoms with Gasteiger partial charge in [0.2, 0.25) is 0 Å². The van der Waals surface area contributed by atoms with Crippen LogP contribution in [0.3, 0.4) is 0 Å². The number of nitriles is 1. The van der Waals surface area contributed by atoms with Crippen molar-refractivity contribution in [3.63, 3.8) is 0 Å². The molecule has 1 unspecified atom stereocenters. The molecule has 0 spiro atoms. The molecule has 0 saturated heterocycles. The fourth-order valence-corrected chi connectivity index (χ4v) is 2.71. The number of hydrogen-bond donors (Lipinski definition) is 1. The van der Waals surface area contributed by atoms with Crippen LogP contribution in [0.2, 0.25) is 0 Å². The van der Waals surface area contributed by atoms with Crippen LogP contribution in [0.5, 0.6) is 11.5 Å². The Hall–Kier alpha value is -2.99. The van der Waals surface area contributed by atoms with Gasteiger partial charge < -0.3 is 15.2 Å². The normalized spacial score (nSPS) is 14.0. The number of hydrogen-bond acceptors (Lipinski definition) is 8. The maximum Gasteiger partial charge on any atom is 0.175 e. The SMILES string of the molecule is [2H]C([2H])([2H])Oc1cc(Br)c2ncnc(N)c2c1OC(C)c1ncc(C#N)cn1. The average molecular weight is 404 g/mol. The van der Waals surface area contributed by atoms with Gasteiger partial charge in [-0.1, -0.05) is 0 Å². The Kier molecular flexibility index (Phi) is 3.66. The third-order valence-corrected chi connectivity index (χ3v) is 3.99. The van der Waals surface area contributed by atoms with Crippen molar-refractivity contribution < 1.29 is 13.6 Å². The second-order valence-corrected chi connectivity index (χ2v) is 5.83. The minimum Gasteiger partial charge on any atom is -0.493 e. The predicted molar refractivity (Wildman–Crippen MR) is 94.0 cm³/mol. The van der Waals surface area contributed by atoms with Crippen molar-refractivity contribution in [2.24, 2.45) is 0 Å². The number of rotatable bonds is 4. The van der Waals surface area contributed by atoms with Gasteiger partial charge in [-0.25, -0.2) is 19.9 Å².